The van der Waals surface area contributed by atoms with Crippen LogP contribution >= 0.6 is 8.60 Å². The molecule has 4 N–H and O–H groups in total. The predicted octanol–water partition coefficient (Wildman–Crippen LogP) is 9.13. The van der Waals surface area contributed by atoms with Crippen molar-refractivity contribution in [1.82, 2.24) is 14.6 Å². The van der Waals surface area contributed by atoms with E-state index >= 15 is 0 Å². The first kappa shape index (κ1) is 48.8. The minimum atomic E-state index is -2.12. The Morgan fingerprint density at radius 1 is 0.821 bits per heavy atom. The minimum Gasteiger partial charge on any atom is -0.496 e. The molecule has 2 atom stereocenters. The SMILES string of the molecule is CCCCCCCCCCCCCCCCCCOCCCOP(O)OCC(C#N)(CCc1ccc2c(N)ncnn12)OC.COc1cc(C#N)ccc1CO. The summed E-state index contributed by atoms with van der Waals surface area (Å²) in [5, 5.41) is 31.4. The van der Waals surface area contributed by atoms with E-state index in [2.05, 4.69) is 23.1 Å². The van der Waals surface area contributed by atoms with Gasteiger partial charge in [0.25, 0.3) is 0 Å². The van der Waals surface area contributed by atoms with E-state index in [1.165, 1.54) is 117 Å². The lowest BCUT2D eigenvalue weighted by Gasteiger charge is -2.25. The summed E-state index contributed by atoms with van der Waals surface area (Å²) in [6, 6.07) is 12.8. The molecule has 56 heavy (non-hydrogen) atoms. The number of hydrogen-bond acceptors (Lipinski definition) is 12. The van der Waals surface area contributed by atoms with Gasteiger partial charge in [0, 0.05) is 31.6 Å². The van der Waals surface area contributed by atoms with Crippen molar-refractivity contribution < 1.29 is 33.3 Å². The van der Waals surface area contributed by atoms with Gasteiger partial charge in [-0.05, 0) is 49.9 Å². The Kier molecular flexibility index (Phi) is 26.7. The normalized spacial score (nSPS) is 12.7. The summed E-state index contributed by atoms with van der Waals surface area (Å²) in [6.45, 7) is 3.76. The van der Waals surface area contributed by atoms with Crippen LogP contribution in [0, 0.1) is 22.7 Å². The number of benzene rings is 1. The second-order valence-electron chi connectivity index (χ2n) is 14.0. The third-order valence-electron chi connectivity index (χ3n) is 9.71. The topological polar surface area (TPSA) is 190 Å². The van der Waals surface area contributed by atoms with Crippen molar-refractivity contribution in [3.8, 4) is 17.9 Å². The molecule has 13 nitrogen and oxygen atoms in total. The van der Waals surface area contributed by atoms with Gasteiger partial charge in [0.05, 0.1) is 38.6 Å². The van der Waals surface area contributed by atoms with Crippen LogP contribution in [0.1, 0.15) is 139 Å². The van der Waals surface area contributed by atoms with Crippen LogP contribution in [0.2, 0.25) is 0 Å². The number of aromatic nitrogens is 3. The van der Waals surface area contributed by atoms with Gasteiger partial charge in [0.1, 0.15) is 23.7 Å². The minimum absolute atomic E-state index is 0.0745. The van der Waals surface area contributed by atoms with Gasteiger partial charge in [-0.3, -0.25) is 0 Å². The number of rotatable bonds is 31. The van der Waals surface area contributed by atoms with Gasteiger partial charge in [-0.15, -0.1) is 0 Å². The lowest BCUT2D eigenvalue weighted by Crippen LogP contribution is -2.35. The smallest absolute Gasteiger partial charge is 0.329 e. The second-order valence-corrected chi connectivity index (χ2v) is 15.0. The molecule has 0 aliphatic rings. The van der Waals surface area contributed by atoms with Crippen LogP contribution in [0.15, 0.2) is 36.7 Å². The molecule has 14 heteroatoms. The van der Waals surface area contributed by atoms with E-state index in [0.29, 0.717) is 60.7 Å². The molecule has 0 radical (unpaired) electrons. The molecule has 3 aromatic rings. The molecule has 2 unspecified atom stereocenters. The Hall–Kier alpha value is -3.39. The van der Waals surface area contributed by atoms with Crippen LogP contribution < -0.4 is 10.5 Å². The summed E-state index contributed by atoms with van der Waals surface area (Å²) in [4.78, 5) is 14.2. The summed E-state index contributed by atoms with van der Waals surface area (Å²) < 4.78 is 28.7. The van der Waals surface area contributed by atoms with Crippen molar-refractivity contribution in [2.75, 3.05) is 46.4 Å². The summed E-state index contributed by atoms with van der Waals surface area (Å²) in [5.74, 6) is 0.943. The number of nitrogens with zero attached hydrogens (tertiary/aromatic N) is 5. The first-order valence-electron chi connectivity index (χ1n) is 20.4. The highest BCUT2D eigenvalue weighted by Gasteiger charge is 2.32. The van der Waals surface area contributed by atoms with Crippen LogP contribution in [0.25, 0.3) is 5.52 Å². The van der Waals surface area contributed by atoms with E-state index in [1.54, 1.807) is 22.7 Å². The van der Waals surface area contributed by atoms with Crippen LogP contribution in [-0.4, -0.2) is 70.8 Å². The number of aliphatic hydroxyl groups excluding tert-OH is 1. The average molecular weight is 799 g/mol. The standard InChI is InChI=1S/C33H58N5O5P.C9H9NO2/c1-3-4-5-6-7-8-9-10-11-12-13-14-15-16-17-18-24-41-25-19-26-42-44(39)43-28-33(27-34,40-2)23-22-30-20-21-31-32(35)36-29-37-38(30)31;1-12-9-4-7(5-10)2-3-8(9)6-11/h20-21,29,39H,3-19,22-26,28H2,1-2H3,(H2,35,36,37);2-4,11H,6H2,1H3. The van der Waals surface area contributed by atoms with Crippen molar-refractivity contribution in [1.29, 1.82) is 10.5 Å². The van der Waals surface area contributed by atoms with E-state index in [-0.39, 0.29) is 13.2 Å². The van der Waals surface area contributed by atoms with Gasteiger partial charge in [0.2, 0.25) is 0 Å². The lowest BCUT2D eigenvalue weighted by atomic mass is 9.99. The van der Waals surface area contributed by atoms with Crippen LogP contribution in [0.5, 0.6) is 5.75 Å². The molecule has 3 rings (SSSR count). The van der Waals surface area contributed by atoms with E-state index in [0.717, 1.165) is 18.7 Å². The zero-order chi connectivity index (χ0) is 40.7. The Morgan fingerprint density at radius 2 is 1.45 bits per heavy atom. The van der Waals surface area contributed by atoms with Gasteiger partial charge >= 0.3 is 8.60 Å². The van der Waals surface area contributed by atoms with Crippen molar-refractivity contribution in [2.24, 2.45) is 0 Å². The number of aryl methyl sites for hydroxylation is 1. The predicted molar refractivity (Wildman–Crippen MR) is 221 cm³/mol. The fourth-order valence-electron chi connectivity index (χ4n) is 6.19. The average Bonchev–Trinajstić information content (AvgIpc) is 3.66. The maximum atomic E-state index is 10.2. The number of aliphatic hydroxyl groups is 1. The Bertz CT molecular complexity index is 1550. The highest BCUT2D eigenvalue weighted by atomic mass is 31.2. The molecule has 2 heterocycles. The maximum absolute atomic E-state index is 10.2. The van der Waals surface area contributed by atoms with E-state index in [9.17, 15) is 10.2 Å². The molecule has 0 aliphatic carbocycles. The van der Waals surface area contributed by atoms with Crippen LogP contribution in [0.4, 0.5) is 5.82 Å². The highest BCUT2D eigenvalue weighted by Crippen LogP contribution is 2.35. The number of nitriles is 2. The zero-order valence-electron chi connectivity index (χ0n) is 34.1. The van der Waals surface area contributed by atoms with Gasteiger partial charge in [-0.25, -0.2) is 9.50 Å². The monoisotopic (exact) mass is 798 g/mol. The van der Waals surface area contributed by atoms with Crippen LogP contribution in [0.3, 0.4) is 0 Å². The fourth-order valence-corrected chi connectivity index (χ4v) is 6.87. The maximum Gasteiger partial charge on any atom is 0.329 e. The Morgan fingerprint density at radius 3 is 2.02 bits per heavy atom. The number of fused-ring (bicyclic) bond motifs is 1. The number of methoxy groups -OCH3 is 2. The molecule has 0 saturated carbocycles. The molecular weight excluding hydrogens is 731 g/mol. The lowest BCUT2D eigenvalue weighted by molar-refractivity contribution is -0.0110. The zero-order valence-corrected chi connectivity index (χ0v) is 35.0. The molecule has 0 saturated heterocycles. The largest absolute Gasteiger partial charge is 0.496 e. The van der Waals surface area contributed by atoms with Gasteiger partial charge in [-0.2, -0.15) is 15.6 Å². The number of anilines is 1. The molecule has 1 aromatic carbocycles. The fraction of sp³-hybridized carbons (Fsp3) is 0.667. The van der Waals surface area contributed by atoms with Gasteiger partial charge in [-0.1, -0.05) is 109 Å². The Labute approximate surface area is 336 Å². The first-order valence-corrected chi connectivity index (χ1v) is 21.5. The van der Waals surface area contributed by atoms with E-state index in [1.807, 2.05) is 18.2 Å². The number of nitrogen functional groups attached to an aromatic ring is 1. The summed E-state index contributed by atoms with van der Waals surface area (Å²) in [7, 11) is 0.848. The number of hydrogen-bond donors (Lipinski definition) is 3. The van der Waals surface area contributed by atoms with Crippen LogP contribution in [-0.2, 0) is 31.5 Å². The highest BCUT2D eigenvalue weighted by molar-refractivity contribution is 7.40. The number of nitrogens with two attached hydrogens (primary N) is 1. The van der Waals surface area contributed by atoms with E-state index < -0.39 is 14.2 Å². The summed E-state index contributed by atoms with van der Waals surface area (Å²) in [5.41, 5.74) is 7.47. The van der Waals surface area contributed by atoms with Crippen molar-refractivity contribution >= 4 is 19.9 Å². The van der Waals surface area contributed by atoms with Crippen molar-refractivity contribution in [3.63, 3.8) is 0 Å². The van der Waals surface area contributed by atoms with E-state index in [4.69, 9.17) is 39.4 Å². The van der Waals surface area contributed by atoms with Gasteiger partial charge < -0.3 is 39.0 Å². The first-order chi connectivity index (χ1) is 27.4. The van der Waals surface area contributed by atoms with Crippen molar-refractivity contribution in [3.05, 3.63) is 53.5 Å². The molecule has 0 spiro atoms. The molecule has 0 fully saturated rings. The summed E-state index contributed by atoms with van der Waals surface area (Å²) in [6.07, 6.45) is 24.6. The molecule has 0 bridgehead atoms. The summed E-state index contributed by atoms with van der Waals surface area (Å²) >= 11 is 0. The molecular formula is C42H67N6O7P. The second kappa shape index (κ2) is 30.7. The number of ether oxygens (including phenoxy) is 3. The third-order valence-corrected chi connectivity index (χ3v) is 10.5. The van der Waals surface area contributed by atoms with Gasteiger partial charge in [0.15, 0.2) is 11.4 Å². The quantitative estimate of drug-likeness (QED) is 0.0414. The molecule has 0 amide bonds. The third kappa shape index (κ3) is 19.7. The number of unbranched alkanes of at least 4 members (excludes halogenated alkanes) is 15. The molecule has 312 valence electrons. The molecule has 2 aromatic heterocycles. The molecule has 0 aliphatic heterocycles. The van der Waals surface area contributed by atoms with Crippen molar-refractivity contribution in [2.45, 2.75) is 141 Å². The Balaban J connectivity index is 0.000000764.